The molecule has 1 heterocycles. The largest absolute Gasteiger partial charge is 0.293 e. The van der Waals surface area contributed by atoms with E-state index in [1.165, 1.54) is 0 Å². The molecule has 0 amide bonds. The third-order valence-corrected chi connectivity index (χ3v) is 1.70. The Bertz CT molecular complexity index is 289. The van der Waals surface area contributed by atoms with Crippen LogP contribution in [0.5, 0.6) is 0 Å². The Morgan fingerprint density at radius 3 is 2.83 bits per heavy atom. The summed E-state index contributed by atoms with van der Waals surface area (Å²) >= 11 is 0. The molecule has 3 nitrogen and oxygen atoms in total. The average molecular weight is 166 g/mol. The third kappa shape index (κ3) is 1.72. The number of hydrogen-bond acceptors (Lipinski definition) is 2. The van der Waals surface area contributed by atoms with E-state index < -0.39 is 0 Å². The van der Waals surface area contributed by atoms with Crippen LogP contribution in [0.3, 0.4) is 0 Å². The molecule has 1 aromatic rings. The Morgan fingerprint density at radius 1 is 1.67 bits per heavy atom. The SMILES string of the molecule is CCCn1nc(C)cc1C(C)=O. The summed E-state index contributed by atoms with van der Waals surface area (Å²) in [5.74, 6) is 0.0871. The van der Waals surface area contributed by atoms with Crippen LogP contribution in [-0.4, -0.2) is 15.6 Å². The molecule has 0 radical (unpaired) electrons. The lowest BCUT2D eigenvalue weighted by Gasteiger charge is -2.01. The predicted octanol–water partition coefficient (Wildman–Crippen LogP) is 1.80. The molecule has 0 atom stereocenters. The summed E-state index contributed by atoms with van der Waals surface area (Å²) < 4.78 is 1.78. The zero-order valence-electron chi connectivity index (χ0n) is 7.79. The van der Waals surface area contributed by atoms with Gasteiger partial charge in [-0.05, 0) is 19.4 Å². The van der Waals surface area contributed by atoms with Crippen molar-refractivity contribution in [2.24, 2.45) is 0 Å². The van der Waals surface area contributed by atoms with Crippen LogP contribution in [0.2, 0.25) is 0 Å². The molecule has 0 unspecified atom stereocenters. The molecule has 0 aromatic carbocycles. The van der Waals surface area contributed by atoms with Gasteiger partial charge in [0.2, 0.25) is 0 Å². The highest BCUT2D eigenvalue weighted by Gasteiger charge is 2.07. The summed E-state index contributed by atoms with van der Waals surface area (Å²) in [6.45, 7) is 6.37. The number of hydrogen-bond donors (Lipinski definition) is 0. The summed E-state index contributed by atoms with van der Waals surface area (Å²) in [4.78, 5) is 11.1. The summed E-state index contributed by atoms with van der Waals surface area (Å²) in [7, 11) is 0. The number of aryl methyl sites for hydroxylation is 2. The molecule has 0 saturated heterocycles. The first-order valence-electron chi connectivity index (χ1n) is 4.20. The quantitative estimate of drug-likeness (QED) is 0.642. The number of carbonyl (C=O) groups excluding carboxylic acids is 1. The lowest BCUT2D eigenvalue weighted by Crippen LogP contribution is -2.07. The second-order valence-electron chi connectivity index (χ2n) is 2.95. The van der Waals surface area contributed by atoms with Gasteiger partial charge < -0.3 is 0 Å². The molecule has 1 rings (SSSR count). The van der Waals surface area contributed by atoms with Gasteiger partial charge >= 0.3 is 0 Å². The van der Waals surface area contributed by atoms with E-state index in [4.69, 9.17) is 0 Å². The second kappa shape index (κ2) is 3.52. The van der Waals surface area contributed by atoms with Gasteiger partial charge in [-0.3, -0.25) is 9.48 Å². The molecule has 3 heteroatoms. The summed E-state index contributed by atoms with van der Waals surface area (Å²) in [5, 5.41) is 4.22. The van der Waals surface area contributed by atoms with Crippen LogP contribution in [0.15, 0.2) is 6.07 Å². The Labute approximate surface area is 72.4 Å². The first-order chi connectivity index (χ1) is 5.65. The maximum absolute atomic E-state index is 11.1. The van der Waals surface area contributed by atoms with Crippen LogP contribution in [0.1, 0.15) is 36.5 Å². The fourth-order valence-corrected chi connectivity index (χ4v) is 1.21. The first kappa shape index (κ1) is 8.97. The maximum Gasteiger partial charge on any atom is 0.177 e. The van der Waals surface area contributed by atoms with E-state index in [0.29, 0.717) is 5.69 Å². The third-order valence-electron chi connectivity index (χ3n) is 1.70. The van der Waals surface area contributed by atoms with Crippen molar-refractivity contribution in [1.82, 2.24) is 9.78 Å². The minimum atomic E-state index is 0.0871. The number of aromatic nitrogens is 2. The fourth-order valence-electron chi connectivity index (χ4n) is 1.21. The molecule has 0 aliphatic carbocycles. The summed E-state index contributed by atoms with van der Waals surface area (Å²) in [6, 6.07) is 1.83. The monoisotopic (exact) mass is 166 g/mol. The molecule has 0 bridgehead atoms. The van der Waals surface area contributed by atoms with Crippen LogP contribution in [-0.2, 0) is 6.54 Å². The van der Waals surface area contributed by atoms with Crippen molar-refractivity contribution < 1.29 is 4.79 Å². The number of rotatable bonds is 3. The van der Waals surface area contributed by atoms with Gasteiger partial charge in [-0.2, -0.15) is 5.10 Å². The van der Waals surface area contributed by atoms with Gasteiger partial charge in [0, 0.05) is 13.5 Å². The van der Waals surface area contributed by atoms with E-state index in [1.54, 1.807) is 11.6 Å². The minimum absolute atomic E-state index is 0.0871. The molecule has 0 spiro atoms. The molecule has 12 heavy (non-hydrogen) atoms. The summed E-state index contributed by atoms with van der Waals surface area (Å²) in [6.07, 6.45) is 1.00. The van der Waals surface area contributed by atoms with Crippen molar-refractivity contribution in [2.75, 3.05) is 0 Å². The zero-order chi connectivity index (χ0) is 9.14. The van der Waals surface area contributed by atoms with Crippen LogP contribution >= 0.6 is 0 Å². The van der Waals surface area contributed by atoms with Gasteiger partial charge in [0.05, 0.1) is 5.69 Å². The van der Waals surface area contributed by atoms with Crippen molar-refractivity contribution in [3.63, 3.8) is 0 Å². The van der Waals surface area contributed by atoms with Crippen molar-refractivity contribution in [3.05, 3.63) is 17.5 Å². The highest BCUT2D eigenvalue weighted by atomic mass is 16.1. The van der Waals surface area contributed by atoms with Gasteiger partial charge in [-0.1, -0.05) is 6.92 Å². The molecule has 0 aliphatic heterocycles. The van der Waals surface area contributed by atoms with Gasteiger partial charge in [0.15, 0.2) is 5.78 Å². The maximum atomic E-state index is 11.1. The lowest BCUT2D eigenvalue weighted by atomic mass is 10.3. The summed E-state index contributed by atoms with van der Waals surface area (Å²) in [5.41, 5.74) is 1.63. The second-order valence-corrected chi connectivity index (χ2v) is 2.95. The zero-order valence-corrected chi connectivity index (χ0v) is 7.79. The molecular weight excluding hydrogens is 152 g/mol. The van der Waals surface area contributed by atoms with Crippen LogP contribution < -0.4 is 0 Å². The molecule has 0 N–H and O–H groups in total. The lowest BCUT2D eigenvalue weighted by molar-refractivity contribution is 0.100. The van der Waals surface area contributed by atoms with Crippen molar-refractivity contribution in [1.29, 1.82) is 0 Å². The van der Waals surface area contributed by atoms with Crippen molar-refractivity contribution >= 4 is 5.78 Å². The molecule has 0 saturated carbocycles. The molecule has 0 fully saturated rings. The van der Waals surface area contributed by atoms with Gasteiger partial charge in [0.1, 0.15) is 5.69 Å². The van der Waals surface area contributed by atoms with E-state index in [9.17, 15) is 4.79 Å². The van der Waals surface area contributed by atoms with Crippen LogP contribution in [0.4, 0.5) is 0 Å². The average Bonchev–Trinajstić information content (AvgIpc) is 2.32. The van der Waals surface area contributed by atoms with Gasteiger partial charge in [0.25, 0.3) is 0 Å². The number of Topliss-reactive ketones (excluding diaryl/α,β-unsaturated/α-hetero) is 1. The highest BCUT2D eigenvalue weighted by Crippen LogP contribution is 2.05. The van der Waals surface area contributed by atoms with Crippen LogP contribution in [0.25, 0.3) is 0 Å². The van der Waals surface area contributed by atoms with E-state index in [-0.39, 0.29) is 5.78 Å². The van der Waals surface area contributed by atoms with Gasteiger partial charge in [-0.25, -0.2) is 0 Å². The smallest absolute Gasteiger partial charge is 0.177 e. The Kier molecular flexibility index (Phi) is 2.63. The Balaban J connectivity index is 2.99. The van der Waals surface area contributed by atoms with Crippen molar-refractivity contribution in [3.8, 4) is 0 Å². The number of nitrogens with zero attached hydrogens (tertiary/aromatic N) is 2. The number of ketones is 1. The highest BCUT2D eigenvalue weighted by molar-refractivity contribution is 5.92. The molecule has 66 valence electrons. The van der Waals surface area contributed by atoms with Crippen molar-refractivity contribution in [2.45, 2.75) is 33.7 Å². The molecule has 1 aromatic heterocycles. The molecule has 0 aliphatic rings. The van der Waals surface area contributed by atoms with E-state index in [0.717, 1.165) is 18.7 Å². The van der Waals surface area contributed by atoms with E-state index in [1.807, 2.05) is 13.0 Å². The first-order valence-corrected chi connectivity index (χ1v) is 4.20. The molecular formula is C9H14N2O. The van der Waals surface area contributed by atoms with E-state index >= 15 is 0 Å². The standard InChI is InChI=1S/C9H14N2O/c1-4-5-11-9(8(3)12)6-7(2)10-11/h6H,4-5H2,1-3H3. The minimum Gasteiger partial charge on any atom is -0.293 e. The Morgan fingerprint density at radius 2 is 2.33 bits per heavy atom. The van der Waals surface area contributed by atoms with Gasteiger partial charge in [-0.15, -0.1) is 0 Å². The van der Waals surface area contributed by atoms with Crippen LogP contribution in [0, 0.1) is 6.92 Å². The van der Waals surface area contributed by atoms with E-state index in [2.05, 4.69) is 12.0 Å². The number of carbonyl (C=O) groups is 1. The fraction of sp³-hybridized carbons (Fsp3) is 0.556. The topological polar surface area (TPSA) is 34.9 Å². The predicted molar refractivity (Wildman–Crippen MR) is 47.3 cm³/mol. The normalized spacial score (nSPS) is 10.2. The Hall–Kier alpha value is -1.12.